The Balaban J connectivity index is 1.71. The standard InChI is InChI=1S/C18H12FN3O2/c19-12-2-4-15-11(7-12)8-14(18(24)22-15)17(23)21-13-3-1-10-5-6-20-16(10)9-13/h1-9,20H,(H,21,23)(H,22,24). The number of pyridine rings is 1. The first-order valence-electron chi connectivity index (χ1n) is 7.31. The summed E-state index contributed by atoms with van der Waals surface area (Å²) in [6, 6.07) is 12.7. The van der Waals surface area contributed by atoms with Crippen LogP contribution in [0.5, 0.6) is 0 Å². The average molecular weight is 321 g/mol. The fraction of sp³-hybridized carbons (Fsp3) is 0. The Morgan fingerprint density at radius 2 is 1.83 bits per heavy atom. The van der Waals surface area contributed by atoms with E-state index in [1.807, 2.05) is 12.1 Å². The van der Waals surface area contributed by atoms with E-state index in [1.165, 1.54) is 24.3 Å². The number of rotatable bonds is 2. The Bertz CT molecular complexity index is 1140. The molecule has 4 aromatic rings. The lowest BCUT2D eigenvalue weighted by Gasteiger charge is -2.06. The molecule has 0 saturated carbocycles. The zero-order chi connectivity index (χ0) is 16.7. The first-order valence-corrected chi connectivity index (χ1v) is 7.31. The van der Waals surface area contributed by atoms with Gasteiger partial charge in [-0.1, -0.05) is 6.07 Å². The number of carbonyl (C=O) groups excluding carboxylic acids is 1. The molecule has 0 fully saturated rings. The molecule has 2 aromatic heterocycles. The SMILES string of the molecule is O=C(Nc1ccc2cc[nH]c2c1)c1cc2cc(F)ccc2[nH]c1=O. The molecule has 0 aliphatic carbocycles. The molecule has 0 aliphatic rings. The number of aromatic nitrogens is 2. The summed E-state index contributed by atoms with van der Waals surface area (Å²) in [5, 5.41) is 4.17. The first-order chi connectivity index (χ1) is 11.6. The van der Waals surface area contributed by atoms with Crippen molar-refractivity contribution in [2.75, 3.05) is 5.32 Å². The molecule has 2 heterocycles. The summed E-state index contributed by atoms with van der Waals surface area (Å²) in [5.41, 5.74) is 1.33. The van der Waals surface area contributed by atoms with Gasteiger partial charge >= 0.3 is 0 Å². The molecule has 0 unspecified atom stereocenters. The van der Waals surface area contributed by atoms with Crippen molar-refractivity contribution in [2.24, 2.45) is 0 Å². The van der Waals surface area contributed by atoms with Crippen molar-refractivity contribution < 1.29 is 9.18 Å². The number of carbonyl (C=O) groups is 1. The highest BCUT2D eigenvalue weighted by Crippen LogP contribution is 2.18. The number of amides is 1. The van der Waals surface area contributed by atoms with Gasteiger partial charge in [0.25, 0.3) is 11.5 Å². The second-order valence-electron chi connectivity index (χ2n) is 5.48. The topological polar surface area (TPSA) is 77.8 Å². The highest BCUT2D eigenvalue weighted by molar-refractivity contribution is 6.06. The number of fused-ring (bicyclic) bond motifs is 2. The minimum atomic E-state index is -0.548. The third-order valence-corrected chi connectivity index (χ3v) is 3.86. The Morgan fingerprint density at radius 1 is 0.958 bits per heavy atom. The maximum absolute atomic E-state index is 13.3. The summed E-state index contributed by atoms with van der Waals surface area (Å²) in [4.78, 5) is 30.1. The van der Waals surface area contributed by atoms with Crippen LogP contribution in [-0.4, -0.2) is 15.9 Å². The molecule has 1 amide bonds. The molecule has 6 heteroatoms. The van der Waals surface area contributed by atoms with Crippen LogP contribution in [0, 0.1) is 5.82 Å². The van der Waals surface area contributed by atoms with Gasteiger partial charge in [-0.15, -0.1) is 0 Å². The summed E-state index contributed by atoms with van der Waals surface area (Å²) in [6.07, 6.45) is 1.80. The van der Waals surface area contributed by atoms with Crippen molar-refractivity contribution in [1.82, 2.24) is 9.97 Å². The van der Waals surface area contributed by atoms with Crippen LogP contribution in [0.15, 0.2) is 59.5 Å². The molecule has 5 nitrogen and oxygen atoms in total. The lowest BCUT2D eigenvalue weighted by atomic mass is 10.1. The number of hydrogen-bond donors (Lipinski definition) is 3. The van der Waals surface area contributed by atoms with E-state index in [0.29, 0.717) is 16.6 Å². The highest BCUT2D eigenvalue weighted by Gasteiger charge is 2.13. The van der Waals surface area contributed by atoms with Gasteiger partial charge in [0.1, 0.15) is 11.4 Å². The smallest absolute Gasteiger partial charge is 0.261 e. The van der Waals surface area contributed by atoms with Crippen molar-refractivity contribution in [3.63, 3.8) is 0 Å². The fourth-order valence-electron chi connectivity index (χ4n) is 2.67. The molecular formula is C18H12FN3O2. The molecule has 24 heavy (non-hydrogen) atoms. The Labute approximate surface area is 135 Å². The molecular weight excluding hydrogens is 309 g/mol. The summed E-state index contributed by atoms with van der Waals surface area (Å²) < 4.78 is 13.3. The first kappa shape index (κ1) is 14.2. The average Bonchev–Trinajstić information content (AvgIpc) is 3.02. The van der Waals surface area contributed by atoms with Crippen LogP contribution in [0.25, 0.3) is 21.8 Å². The zero-order valence-corrected chi connectivity index (χ0v) is 12.4. The normalized spacial score (nSPS) is 11.0. The number of nitrogens with one attached hydrogen (secondary N) is 3. The van der Waals surface area contributed by atoms with Crippen LogP contribution < -0.4 is 10.9 Å². The van der Waals surface area contributed by atoms with Crippen LogP contribution >= 0.6 is 0 Å². The zero-order valence-electron chi connectivity index (χ0n) is 12.4. The number of anilines is 1. The monoisotopic (exact) mass is 321 g/mol. The van der Waals surface area contributed by atoms with Gasteiger partial charge < -0.3 is 15.3 Å². The second kappa shape index (κ2) is 5.34. The number of hydrogen-bond acceptors (Lipinski definition) is 2. The molecule has 3 N–H and O–H groups in total. The summed E-state index contributed by atoms with van der Waals surface area (Å²) >= 11 is 0. The van der Waals surface area contributed by atoms with Gasteiger partial charge in [-0.3, -0.25) is 9.59 Å². The number of aromatic amines is 2. The number of benzene rings is 2. The minimum Gasteiger partial charge on any atom is -0.361 e. The number of halogens is 1. The van der Waals surface area contributed by atoms with Crippen LogP contribution in [0.1, 0.15) is 10.4 Å². The Hall–Kier alpha value is -3.41. The van der Waals surface area contributed by atoms with Gasteiger partial charge in [0.2, 0.25) is 0 Å². The predicted molar refractivity (Wildman–Crippen MR) is 90.8 cm³/mol. The van der Waals surface area contributed by atoms with E-state index < -0.39 is 17.3 Å². The lowest BCUT2D eigenvalue weighted by molar-refractivity contribution is 0.102. The Morgan fingerprint density at radius 3 is 2.71 bits per heavy atom. The van der Waals surface area contributed by atoms with Crippen molar-refractivity contribution in [2.45, 2.75) is 0 Å². The van der Waals surface area contributed by atoms with Crippen molar-refractivity contribution in [3.8, 4) is 0 Å². The van der Waals surface area contributed by atoms with Gasteiger partial charge in [-0.05, 0) is 47.9 Å². The van der Waals surface area contributed by atoms with E-state index in [2.05, 4.69) is 15.3 Å². The molecule has 0 bridgehead atoms. The summed E-state index contributed by atoms with van der Waals surface area (Å²) in [5.74, 6) is -0.980. The van der Waals surface area contributed by atoms with Gasteiger partial charge in [0.05, 0.1) is 0 Å². The molecule has 0 radical (unpaired) electrons. The van der Waals surface area contributed by atoms with Crippen LogP contribution in [0.4, 0.5) is 10.1 Å². The third-order valence-electron chi connectivity index (χ3n) is 3.86. The van der Waals surface area contributed by atoms with Crippen LogP contribution in [-0.2, 0) is 0 Å². The maximum Gasteiger partial charge on any atom is 0.261 e. The molecule has 0 aliphatic heterocycles. The highest BCUT2D eigenvalue weighted by atomic mass is 19.1. The third kappa shape index (κ3) is 2.44. The summed E-state index contributed by atoms with van der Waals surface area (Å²) in [7, 11) is 0. The van der Waals surface area contributed by atoms with Gasteiger partial charge in [0, 0.05) is 28.3 Å². The van der Waals surface area contributed by atoms with E-state index in [-0.39, 0.29) is 5.56 Å². The molecule has 0 spiro atoms. The van der Waals surface area contributed by atoms with E-state index in [4.69, 9.17) is 0 Å². The van der Waals surface area contributed by atoms with Crippen LogP contribution in [0.3, 0.4) is 0 Å². The van der Waals surface area contributed by atoms with E-state index >= 15 is 0 Å². The summed E-state index contributed by atoms with van der Waals surface area (Å²) in [6.45, 7) is 0. The predicted octanol–water partition coefficient (Wildman–Crippen LogP) is 3.40. The molecule has 0 saturated heterocycles. The van der Waals surface area contributed by atoms with Gasteiger partial charge in [-0.25, -0.2) is 4.39 Å². The minimum absolute atomic E-state index is 0.0697. The second-order valence-corrected chi connectivity index (χ2v) is 5.48. The fourth-order valence-corrected chi connectivity index (χ4v) is 2.67. The van der Waals surface area contributed by atoms with Crippen LogP contribution in [0.2, 0.25) is 0 Å². The van der Waals surface area contributed by atoms with E-state index in [0.717, 1.165) is 10.9 Å². The van der Waals surface area contributed by atoms with Gasteiger partial charge in [0.15, 0.2) is 0 Å². The quantitative estimate of drug-likeness (QED) is 0.529. The molecule has 4 rings (SSSR count). The van der Waals surface area contributed by atoms with Crippen molar-refractivity contribution >= 4 is 33.4 Å². The molecule has 0 atom stereocenters. The van der Waals surface area contributed by atoms with Crippen molar-refractivity contribution in [1.29, 1.82) is 0 Å². The lowest BCUT2D eigenvalue weighted by Crippen LogP contribution is -2.23. The Kier molecular flexibility index (Phi) is 3.16. The molecule has 2 aromatic carbocycles. The van der Waals surface area contributed by atoms with E-state index in [1.54, 1.807) is 18.3 Å². The number of H-pyrrole nitrogens is 2. The largest absolute Gasteiger partial charge is 0.361 e. The maximum atomic E-state index is 13.3. The van der Waals surface area contributed by atoms with Crippen molar-refractivity contribution in [3.05, 3.63) is 76.5 Å². The van der Waals surface area contributed by atoms with E-state index in [9.17, 15) is 14.0 Å². The van der Waals surface area contributed by atoms with Gasteiger partial charge in [-0.2, -0.15) is 0 Å². The molecule has 118 valence electrons.